The van der Waals surface area contributed by atoms with E-state index < -0.39 is 0 Å². The first kappa shape index (κ1) is 18.9. The number of carbonyl (C=O) groups is 1. The lowest BCUT2D eigenvalue weighted by Crippen LogP contribution is -2.40. The molecule has 2 unspecified atom stereocenters. The van der Waals surface area contributed by atoms with E-state index >= 15 is 0 Å². The zero-order valence-electron chi connectivity index (χ0n) is 15.9. The van der Waals surface area contributed by atoms with Crippen molar-refractivity contribution in [3.05, 3.63) is 48.0 Å². The first-order valence-corrected chi connectivity index (χ1v) is 8.97. The van der Waals surface area contributed by atoms with Crippen molar-refractivity contribution >= 4 is 5.91 Å². The Morgan fingerprint density at radius 1 is 1.19 bits per heavy atom. The highest BCUT2D eigenvalue weighted by Gasteiger charge is 2.22. The summed E-state index contributed by atoms with van der Waals surface area (Å²) in [7, 11) is 3.23. The van der Waals surface area contributed by atoms with E-state index in [4.69, 9.17) is 18.9 Å². The van der Waals surface area contributed by atoms with Gasteiger partial charge in [0.05, 0.1) is 20.8 Å². The second kappa shape index (κ2) is 8.66. The van der Waals surface area contributed by atoms with E-state index in [1.807, 2.05) is 49.4 Å². The van der Waals surface area contributed by atoms with Crippen molar-refractivity contribution in [2.75, 3.05) is 27.4 Å². The average molecular weight is 371 g/mol. The first-order valence-electron chi connectivity index (χ1n) is 8.97. The Bertz CT molecular complexity index is 792. The summed E-state index contributed by atoms with van der Waals surface area (Å²) in [5.74, 6) is 2.86. The predicted molar refractivity (Wildman–Crippen MR) is 102 cm³/mol. The molecule has 1 heterocycles. The molecule has 1 aliphatic rings. The zero-order chi connectivity index (χ0) is 19.2. The fourth-order valence-corrected chi connectivity index (χ4v) is 3.08. The van der Waals surface area contributed by atoms with Crippen LogP contribution in [0.15, 0.2) is 42.5 Å². The molecule has 6 heteroatoms. The molecule has 3 rings (SSSR count). The molecule has 0 aliphatic carbocycles. The number of hydrogen-bond acceptors (Lipinski definition) is 5. The number of benzene rings is 2. The smallest absolute Gasteiger partial charge is 0.220 e. The summed E-state index contributed by atoms with van der Waals surface area (Å²) in [5, 5.41) is 2.93. The van der Waals surface area contributed by atoms with Gasteiger partial charge in [-0.25, -0.2) is 0 Å². The number of para-hydroxylation sites is 2. The molecule has 0 fully saturated rings. The molecule has 0 spiro atoms. The first-order chi connectivity index (χ1) is 13.1. The van der Waals surface area contributed by atoms with Crippen LogP contribution in [0.1, 0.15) is 24.8 Å². The highest BCUT2D eigenvalue weighted by Crippen LogP contribution is 2.32. The number of ether oxygens (including phenoxy) is 4. The Balaban J connectivity index is 1.52. The second-order valence-electron chi connectivity index (χ2n) is 6.51. The van der Waals surface area contributed by atoms with Crippen LogP contribution >= 0.6 is 0 Å². The molecule has 2 aromatic rings. The third kappa shape index (κ3) is 4.64. The predicted octanol–water partition coefficient (Wildman–Crippen LogP) is 3.15. The van der Waals surface area contributed by atoms with E-state index in [-0.39, 0.29) is 17.9 Å². The van der Waals surface area contributed by atoms with Crippen molar-refractivity contribution in [3.63, 3.8) is 0 Å². The SMILES string of the molecule is COc1ccc(C(C)CC(=O)NCC2COc3ccccc3O2)c(OC)c1. The van der Waals surface area contributed by atoms with Crippen LogP contribution in [-0.4, -0.2) is 39.4 Å². The van der Waals surface area contributed by atoms with Crippen LogP contribution in [0.4, 0.5) is 0 Å². The Morgan fingerprint density at radius 2 is 1.96 bits per heavy atom. The third-order valence-corrected chi connectivity index (χ3v) is 4.56. The van der Waals surface area contributed by atoms with Crippen LogP contribution < -0.4 is 24.3 Å². The molecule has 6 nitrogen and oxygen atoms in total. The Hall–Kier alpha value is -2.89. The van der Waals surface area contributed by atoms with Crippen LogP contribution in [-0.2, 0) is 4.79 Å². The molecule has 2 atom stereocenters. The van der Waals surface area contributed by atoms with E-state index in [0.717, 1.165) is 22.8 Å². The van der Waals surface area contributed by atoms with Crippen molar-refractivity contribution in [3.8, 4) is 23.0 Å². The molecule has 1 N–H and O–H groups in total. The zero-order valence-corrected chi connectivity index (χ0v) is 15.9. The van der Waals surface area contributed by atoms with E-state index in [1.54, 1.807) is 14.2 Å². The normalized spacial score (nSPS) is 16.3. The number of nitrogens with one attached hydrogen (secondary N) is 1. The van der Waals surface area contributed by atoms with E-state index in [1.165, 1.54) is 0 Å². The van der Waals surface area contributed by atoms with Crippen molar-refractivity contribution in [2.24, 2.45) is 0 Å². The van der Waals surface area contributed by atoms with Crippen molar-refractivity contribution in [1.82, 2.24) is 5.32 Å². The van der Waals surface area contributed by atoms with Gasteiger partial charge in [-0.3, -0.25) is 4.79 Å². The molecule has 0 bridgehead atoms. The van der Waals surface area contributed by atoms with Crippen molar-refractivity contribution in [1.29, 1.82) is 0 Å². The van der Waals surface area contributed by atoms with Crippen LogP contribution in [0.3, 0.4) is 0 Å². The third-order valence-electron chi connectivity index (χ3n) is 4.56. The Kier molecular flexibility index (Phi) is 6.06. The van der Waals surface area contributed by atoms with Gasteiger partial charge in [0.25, 0.3) is 0 Å². The van der Waals surface area contributed by atoms with Crippen molar-refractivity contribution < 1.29 is 23.7 Å². The topological polar surface area (TPSA) is 66.0 Å². The van der Waals surface area contributed by atoms with Gasteiger partial charge >= 0.3 is 0 Å². The molecule has 1 amide bonds. The minimum Gasteiger partial charge on any atom is -0.497 e. The Labute approximate surface area is 159 Å². The maximum Gasteiger partial charge on any atom is 0.220 e. The summed E-state index contributed by atoms with van der Waals surface area (Å²) in [6.07, 6.45) is 0.155. The minimum atomic E-state index is -0.199. The number of hydrogen-bond donors (Lipinski definition) is 1. The molecular weight excluding hydrogens is 346 g/mol. The van der Waals surface area contributed by atoms with Gasteiger partial charge in [0.2, 0.25) is 5.91 Å². The van der Waals surface area contributed by atoms with E-state index in [2.05, 4.69) is 5.32 Å². The summed E-state index contributed by atoms with van der Waals surface area (Å²) < 4.78 is 22.2. The summed E-state index contributed by atoms with van der Waals surface area (Å²) in [4.78, 5) is 12.4. The monoisotopic (exact) mass is 371 g/mol. The van der Waals surface area contributed by atoms with Gasteiger partial charge in [-0.15, -0.1) is 0 Å². The van der Waals surface area contributed by atoms with Gasteiger partial charge < -0.3 is 24.3 Å². The standard InChI is InChI=1S/C21H25NO5/c1-14(17-9-8-15(24-2)11-20(17)25-3)10-21(23)22-12-16-13-26-18-6-4-5-7-19(18)27-16/h4-9,11,14,16H,10,12-13H2,1-3H3,(H,22,23). The average Bonchev–Trinajstić information content (AvgIpc) is 2.71. The highest BCUT2D eigenvalue weighted by atomic mass is 16.6. The molecule has 144 valence electrons. The second-order valence-corrected chi connectivity index (χ2v) is 6.51. The van der Waals surface area contributed by atoms with Gasteiger partial charge in [-0.05, 0) is 29.7 Å². The molecule has 0 radical (unpaired) electrons. The number of fused-ring (bicyclic) bond motifs is 1. The summed E-state index contributed by atoms with van der Waals surface area (Å²) in [5.41, 5.74) is 0.972. The van der Waals surface area contributed by atoms with Gasteiger partial charge in [0, 0.05) is 12.5 Å². The lowest BCUT2D eigenvalue weighted by molar-refractivity contribution is -0.121. The lowest BCUT2D eigenvalue weighted by atomic mass is 9.96. The van der Waals surface area contributed by atoms with Crippen LogP contribution in [0, 0.1) is 0 Å². The van der Waals surface area contributed by atoms with Crippen molar-refractivity contribution in [2.45, 2.75) is 25.4 Å². The highest BCUT2D eigenvalue weighted by molar-refractivity contribution is 5.77. The quantitative estimate of drug-likeness (QED) is 0.810. The lowest BCUT2D eigenvalue weighted by Gasteiger charge is -2.26. The number of rotatable bonds is 7. The number of methoxy groups -OCH3 is 2. The van der Waals surface area contributed by atoms with Gasteiger partial charge in [0.1, 0.15) is 24.2 Å². The summed E-state index contributed by atoms with van der Waals surface area (Å²) >= 11 is 0. The molecule has 1 aliphatic heterocycles. The van der Waals surface area contributed by atoms with Crippen LogP contribution in [0.25, 0.3) is 0 Å². The number of amides is 1. The minimum absolute atomic E-state index is 0.00936. The molecule has 2 aromatic carbocycles. The fourth-order valence-electron chi connectivity index (χ4n) is 3.08. The van der Waals surface area contributed by atoms with Gasteiger partial charge in [0.15, 0.2) is 11.5 Å². The molecule has 0 saturated heterocycles. The summed E-state index contributed by atoms with van der Waals surface area (Å²) in [6.45, 7) is 2.82. The summed E-state index contributed by atoms with van der Waals surface area (Å²) in [6, 6.07) is 13.2. The van der Waals surface area contributed by atoms with E-state index in [9.17, 15) is 4.79 Å². The van der Waals surface area contributed by atoms with E-state index in [0.29, 0.717) is 25.3 Å². The Morgan fingerprint density at radius 3 is 2.70 bits per heavy atom. The van der Waals surface area contributed by atoms with Crippen LogP contribution in [0.2, 0.25) is 0 Å². The fraction of sp³-hybridized carbons (Fsp3) is 0.381. The molecule has 0 aromatic heterocycles. The maximum absolute atomic E-state index is 12.4. The molecular formula is C21H25NO5. The largest absolute Gasteiger partial charge is 0.497 e. The molecule has 0 saturated carbocycles. The van der Waals surface area contributed by atoms with Gasteiger partial charge in [-0.2, -0.15) is 0 Å². The van der Waals surface area contributed by atoms with Crippen LogP contribution in [0.5, 0.6) is 23.0 Å². The number of carbonyl (C=O) groups excluding carboxylic acids is 1. The molecule has 27 heavy (non-hydrogen) atoms. The van der Waals surface area contributed by atoms with Gasteiger partial charge in [-0.1, -0.05) is 25.1 Å². The maximum atomic E-state index is 12.4.